The van der Waals surface area contributed by atoms with Gasteiger partial charge in [0.25, 0.3) is 0 Å². The van der Waals surface area contributed by atoms with Crippen LogP contribution in [-0.4, -0.2) is 21.0 Å². The van der Waals surface area contributed by atoms with E-state index in [-0.39, 0.29) is 5.69 Å². The Hall–Kier alpha value is -2.62. The Kier molecular flexibility index (Phi) is 3.71. The monoisotopic (exact) mass is 240 g/mol. The quantitative estimate of drug-likeness (QED) is 0.687. The number of carboxylic acid groups (broad SMARTS) is 1. The fourth-order valence-corrected chi connectivity index (χ4v) is 1.50. The number of fused-ring (bicyclic) bond motifs is 1. The number of benzene rings is 1. The molecule has 0 fully saturated rings. The van der Waals surface area contributed by atoms with Crippen LogP contribution in [0, 0.1) is 0 Å². The number of hydrogen-bond donors (Lipinski definition) is 2. The summed E-state index contributed by atoms with van der Waals surface area (Å²) in [5.74, 6) is -0.925. The highest BCUT2D eigenvalue weighted by molar-refractivity contribution is 5.93. The number of carbonyl (C=O) groups is 1. The zero-order valence-corrected chi connectivity index (χ0v) is 9.58. The average molecular weight is 240 g/mol. The Balaban J connectivity index is 0.000000169. The molecule has 0 saturated heterocycles. The van der Waals surface area contributed by atoms with Gasteiger partial charge in [-0.05, 0) is 24.3 Å². The van der Waals surface area contributed by atoms with Crippen LogP contribution < -0.4 is 0 Å². The Morgan fingerprint density at radius 2 is 1.78 bits per heavy atom. The molecule has 0 bridgehead atoms. The third-order valence-electron chi connectivity index (χ3n) is 2.33. The zero-order chi connectivity index (χ0) is 12.8. The molecule has 1 aromatic carbocycles. The smallest absolute Gasteiger partial charge is 0.352 e. The van der Waals surface area contributed by atoms with E-state index >= 15 is 0 Å². The van der Waals surface area contributed by atoms with Crippen LogP contribution in [0.5, 0.6) is 0 Å². The molecule has 4 heteroatoms. The van der Waals surface area contributed by atoms with Crippen LogP contribution in [0.25, 0.3) is 10.9 Å². The molecule has 0 unspecified atom stereocenters. The van der Waals surface area contributed by atoms with E-state index in [1.807, 2.05) is 42.5 Å². The fourth-order valence-electron chi connectivity index (χ4n) is 1.50. The second-order valence-corrected chi connectivity index (χ2v) is 3.60. The van der Waals surface area contributed by atoms with E-state index in [2.05, 4.69) is 9.97 Å². The highest BCUT2D eigenvalue weighted by Crippen LogP contribution is 2.13. The van der Waals surface area contributed by atoms with Crippen molar-refractivity contribution >= 4 is 16.9 Å². The zero-order valence-electron chi connectivity index (χ0n) is 9.58. The second-order valence-electron chi connectivity index (χ2n) is 3.60. The van der Waals surface area contributed by atoms with Gasteiger partial charge < -0.3 is 10.1 Å². The predicted molar refractivity (Wildman–Crippen MR) is 69.5 cm³/mol. The number of aromatic nitrogens is 2. The molecule has 2 aromatic heterocycles. The molecule has 90 valence electrons. The largest absolute Gasteiger partial charge is 0.477 e. The summed E-state index contributed by atoms with van der Waals surface area (Å²) in [7, 11) is 0. The maximum atomic E-state index is 10.5. The van der Waals surface area contributed by atoms with Gasteiger partial charge in [-0.15, -0.1) is 0 Å². The third kappa shape index (κ3) is 2.95. The normalized spacial score (nSPS) is 9.56. The van der Waals surface area contributed by atoms with Crippen LogP contribution in [0.1, 0.15) is 10.5 Å². The number of nitrogens with one attached hydrogen (secondary N) is 1. The predicted octanol–water partition coefficient (Wildman–Crippen LogP) is 2.95. The van der Waals surface area contributed by atoms with Crippen LogP contribution in [-0.2, 0) is 0 Å². The fraction of sp³-hybridized carbons (Fsp3) is 0. The molecule has 3 rings (SSSR count). The van der Waals surface area contributed by atoms with Crippen molar-refractivity contribution in [3.63, 3.8) is 0 Å². The number of pyridine rings is 1. The lowest BCUT2D eigenvalue weighted by atomic mass is 10.2. The number of para-hydroxylation sites is 1. The number of hydrogen-bond acceptors (Lipinski definition) is 2. The first-order valence-corrected chi connectivity index (χ1v) is 5.43. The Bertz CT molecular complexity index is 573. The molecule has 0 spiro atoms. The maximum absolute atomic E-state index is 10.5. The van der Waals surface area contributed by atoms with Gasteiger partial charge in [0.05, 0.1) is 0 Å². The van der Waals surface area contributed by atoms with Crippen molar-refractivity contribution in [2.24, 2.45) is 0 Å². The molecule has 0 atom stereocenters. The molecule has 18 heavy (non-hydrogen) atoms. The standard InChI is InChI=1S/C9H7NO2.C5H5N/c11-9(12)8-5-6-3-1-2-4-7(6)10-8;1-2-4-6-5-3-1/h1-5,10H,(H,11,12);1-5H. The van der Waals surface area contributed by atoms with Gasteiger partial charge in [0.15, 0.2) is 0 Å². The van der Waals surface area contributed by atoms with Crippen molar-refractivity contribution in [3.8, 4) is 0 Å². The maximum Gasteiger partial charge on any atom is 0.352 e. The summed E-state index contributed by atoms with van der Waals surface area (Å²) in [5.41, 5.74) is 1.09. The van der Waals surface area contributed by atoms with E-state index < -0.39 is 5.97 Å². The number of aromatic amines is 1. The van der Waals surface area contributed by atoms with Gasteiger partial charge in [0, 0.05) is 23.3 Å². The van der Waals surface area contributed by atoms with Gasteiger partial charge in [-0.1, -0.05) is 24.3 Å². The summed E-state index contributed by atoms with van der Waals surface area (Å²) in [6, 6.07) is 14.8. The number of aromatic carboxylic acids is 1. The minimum absolute atomic E-state index is 0.233. The summed E-state index contributed by atoms with van der Waals surface area (Å²) in [5, 5.41) is 9.58. The van der Waals surface area contributed by atoms with Gasteiger partial charge in [-0.2, -0.15) is 0 Å². The lowest BCUT2D eigenvalue weighted by molar-refractivity contribution is 0.0691. The molecular weight excluding hydrogens is 228 g/mol. The molecule has 0 aliphatic rings. The van der Waals surface area contributed by atoms with E-state index in [1.54, 1.807) is 18.5 Å². The molecule has 2 heterocycles. The van der Waals surface area contributed by atoms with Crippen molar-refractivity contribution in [2.75, 3.05) is 0 Å². The van der Waals surface area contributed by atoms with Gasteiger partial charge in [0.2, 0.25) is 0 Å². The summed E-state index contributed by atoms with van der Waals surface area (Å²) in [4.78, 5) is 17.1. The third-order valence-corrected chi connectivity index (χ3v) is 2.33. The second kappa shape index (κ2) is 5.63. The summed E-state index contributed by atoms with van der Waals surface area (Å²) < 4.78 is 0. The lowest BCUT2D eigenvalue weighted by Gasteiger charge is -1.84. The highest BCUT2D eigenvalue weighted by atomic mass is 16.4. The minimum Gasteiger partial charge on any atom is -0.477 e. The van der Waals surface area contributed by atoms with Crippen molar-refractivity contribution in [1.82, 2.24) is 9.97 Å². The van der Waals surface area contributed by atoms with Gasteiger partial charge in [-0.25, -0.2) is 4.79 Å². The summed E-state index contributed by atoms with van der Waals surface area (Å²) >= 11 is 0. The number of rotatable bonds is 1. The van der Waals surface area contributed by atoms with Gasteiger partial charge in [0.1, 0.15) is 5.69 Å². The number of nitrogens with zero attached hydrogens (tertiary/aromatic N) is 1. The van der Waals surface area contributed by atoms with Crippen LogP contribution >= 0.6 is 0 Å². The molecule has 0 aliphatic heterocycles. The Morgan fingerprint density at radius 1 is 1.06 bits per heavy atom. The van der Waals surface area contributed by atoms with E-state index in [4.69, 9.17) is 5.11 Å². The first-order valence-electron chi connectivity index (χ1n) is 5.43. The van der Waals surface area contributed by atoms with Crippen LogP contribution in [0.15, 0.2) is 60.9 Å². The van der Waals surface area contributed by atoms with Gasteiger partial charge in [-0.3, -0.25) is 4.98 Å². The molecule has 3 aromatic rings. The van der Waals surface area contributed by atoms with Crippen LogP contribution in [0.4, 0.5) is 0 Å². The highest BCUT2D eigenvalue weighted by Gasteiger charge is 2.05. The van der Waals surface area contributed by atoms with Crippen LogP contribution in [0.2, 0.25) is 0 Å². The van der Waals surface area contributed by atoms with Gasteiger partial charge >= 0.3 is 5.97 Å². The first-order chi connectivity index (χ1) is 8.77. The first kappa shape index (κ1) is 11.9. The molecule has 0 amide bonds. The number of H-pyrrole nitrogens is 1. The lowest BCUT2D eigenvalue weighted by Crippen LogP contribution is -1.94. The minimum atomic E-state index is -0.925. The van der Waals surface area contributed by atoms with E-state index in [1.165, 1.54) is 0 Å². The summed E-state index contributed by atoms with van der Waals surface area (Å²) in [6.45, 7) is 0. The van der Waals surface area contributed by atoms with E-state index in [0.29, 0.717) is 0 Å². The Morgan fingerprint density at radius 3 is 2.28 bits per heavy atom. The van der Waals surface area contributed by atoms with Crippen molar-refractivity contribution in [2.45, 2.75) is 0 Å². The molecular formula is C14H12N2O2. The topological polar surface area (TPSA) is 66.0 Å². The van der Waals surface area contributed by atoms with Crippen LogP contribution in [0.3, 0.4) is 0 Å². The van der Waals surface area contributed by atoms with E-state index in [9.17, 15) is 4.79 Å². The summed E-state index contributed by atoms with van der Waals surface area (Å²) in [6.07, 6.45) is 3.50. The van der Waals surface area contributed by atoms with Crippen molar-refractivity contribution in [1.29, 1.82) is 0 Å². The molecule has 0 radical (unpaired) electrons. The SMILES string of the molecule is O=C(O)c1cc2ccccc2[nH]1.c1ccncc1. The molecule has 2 N–H and O–H groups in total. The van der Waals surface area contributed by atoms with E-state index in [0.717, 1.165) is 10.9 Å². The molecule has 0 aliphatic carbocycles. The van der Waals surface area contributed by atoms with Crippen molar-refractivity contribution in [3.05, 3.63) is 66.6 Å². The molecule has 0 saturated carbocycles. The average Bonchev–Trinajstić information content (AvgIpc) is 2.85. The Labute approximate surface area is 104 Å². The molecule has 4 nitrogen and oxygen atoms in total. The van der Waals surface area contributed by atoms with Crippen molar-refractivity contribution < 1.29 is 9.90 Å². The number of carboxylic acids is 1.